The number of hydrogen-bond acceptors (Lipinski definition) is 4. The van der Waals surface area contributed by atoms with Crippen molar-refractivity contribution in [3.05, 3.63) is 46.0 Å². The molecule has 0 fully saturated rings. The molecule has 0 saturated heterocycles. The van der Waals surface area contributed by atoms with Gasteiger partial charge in [0.2, 0.25) is 0 Å². The smallest absolute Gasteiger partial charge is 0.268 e. The molecular formula is C10H11NO4. The second-order valence-electron chi connectivity index (χ2n) is 3.22. The Bertz CT molecular complexity index is 350. The molecule has 1 unspecified atom stereocenters. The summed E-state index contributed by atoms with van der Waals surface area (Å²) < 4.78 is 0. The van der Waals surface area contributed by atoms with Crippen molar-refractivity contribution in [2.24, 2.45) is 5.92 Å². The van der Waals surface area contributed by atoms with Crippen LogP contribution in [0.2, 0.25) is 0 Å². The molecule has 0 radical (unpaired) electrons. The average Bonchev–Trinajstić information content (AvgIpc) is 2.18. The first kappa shape index (κ1) is 11.2. The molecule has 0 aliphatic carbocycles. The summed E-state index contributed by atoms with van der Waals surface area (Å²) in [7, 11) is 0. The van der Waals surface area contributed by atoms with Crippen LogP contribution in [0.4, 0.5) is 0 Å². The second kappa shape index (κ2) is 5.09. The fourth-order valence-corrected chi connectivity index (χ4v) is 1.21. The summed E-state index contributed by atoms with van der Waals surface area (Å²) >= 11 is 0. The molecule has 0 aliphatic heterocycles. The van der Waals surface area contributed by atoms with Crippen molar-refractivity contribution >= 4 is 5.97 Å². The Morgan fingerprint density at radius 1 is 1.47 bits per heavy atom. The van der Waals surface area contributed by atoms with E-state index in [4.69, 9.17) is 0 Å². The van der Waals surface area contributed by atoms with Crippen molar-refractivity contribution in [2.45, 2.75) is 13.3 Å². The Labute approximate surface area is 86.8 Å². The summed E-state index contributed by atoms with van der Waals surface area (Å²) in [6, 6.07) is 9.27. The van der Waals surface area contributed by atoms with E-state index in [1.165, 1.54) is 0 Å². The maximum absolute atomic E-state index is 11.1. The van der Waals surface area contributed by atoms with E-state index in [1.54, 1.807) is 6.92 Å². The molecule has 5 heteroatoms. The third-order valence-electron chi connectivity index (χ3n) is 1.95. The van der Waals surface area contributed by atoms with Crippen molar-refractivity contribution in [1.82, 2.24) is 0 Å². The van der Waals surface area contributed by atoms with Gasteiger partial charge in [-0.1, -0.05) is 37.3 Å². The number of carbonyl (C=O) groups excluding carboxylic acids is 1. The molecule has 5 nitrogen and oxygen atoms in total. The summed E-state index contributed by atoms with van der Waals surface area (Å²) in [6.45, 7) is 1.60. The highest BCUT2D eigenvalue weighted by Gasteiger charge is 2.17. The van der Waals surface area contributed by atoms with Gasteiger partial charge in [-0.15, -0.1) is 10.1 Å². The van der Waals surface area contributed by atoms with E-state index in [2.05, 4.69) is 4.84 Å². The number of hydrogen-bond donors (Lipinski definition) is 0. The minimum atomic E-state index is -1.08. The fraction of sp³-hybridized carbons (Fsp3) is 0.300. The first-order valence-electron chi connectivity index (χ1n) is 4.49. The monoisotopic (exact) mass is 209 g/mol. The molecule has 0 heterocycles. The van der Waals surface area contributed by atoms with Crippen LogP contribution in [0.1, 0.15) is 12.5 Å². The van der Waals surface area contributed by atoms with Gasteiger partial charge in [-0.3, -0.25) is 4.79 Å². The highest BCUT2D eigenvalue weighted by Crippen LogP contribution is 2.09. The molecule has 0 aliphatic rings. The predicted molar refractivity (Wildman–Crippen MR) is 52.4 cm³/mol. The summed E-state index contributed by atoms with van der Waals surface area (Å²) in [6.07, 6.45) is 0.438. The molecule has 0 spiro atoms. The van der Waals surface area contributed by atoms with Gasteiger partial charge >= 0.3 is 11.1 Å². The minimum absolute atomic E-state index is 0.438. The average molecular weight is 209 g/mol. The lowest BCUT2D eigenvalue weighted by molar-refractivity contribution is -0.730. The topological polar surface area (TPSA) is 69.4 Å². The van der Waals surface area contributed by atoms with Crippen LogP contribution >= 0.6 is 0 Å². The van der Waals surface area contributed by atoms with Crippen LogP contribution in [0.15, 0.2) is 30.3 Å². The van der Waals surface area contributed by atoms with E-state index in [-0.39, 0.29) is 0 Å². The third kappa shape index (κ3) is 3.76. The zero-order chi connectivity index (χ0) is 11.3. The maximum atomic E-state index is 11.1. The standard InChI is InChI=1S/C10H11NO4/c1-8(10(12)15-11(13)14)7-9-5-3-2-4-6-9/h2-6,8H,7H2,1H3. The molecule has 15 heavy (non-hydrogen) atoms. The van der Waals surface area contributed by atoms with Crippen molar-refractivity contribution in [3.63, 3.8) is 0 Å². The molecule has 0 bridgehead atoms. The largest absolute Gasteiger partial charge is 0.306 e. The van der Waals surface area contributed by atoms with Crippen molar-refractivity contribution in [3.8, 4) is 0 Å². The molecule has 0 saturated carbocycles. The molecule has 1 atom stereocenters. The number of benzene rings is 1. The molecule has 0 aromatic heterocycles. The SMILES string of the molecule is CC(Cc1ccccc1)C(=O)O[N+](=O)[O-]. The highest BCUT2D eigenvalue weighted by molar-refractivity contribution is 5.71. The lowest BCUT2D eigenvalue weighted by Crippen LogP contribution is -2.19. The van der Waals surface area contributed by atoms with E-state index in [1.807, 2.05) is 30.3 Å². The maximum Gasteiger partial charge on any atom is 0.306 e. The summed E-state index contributed by atoms with van der Waals surface area (Å²) in [4.78, 5) is 24.9. The zero-order valence-electron chi connectivity index (χ0n) is 8.25. The third-order valence-corrected chi connectivity index (χ3v) is 1.95. The quantitative estimate of drug-likeness (QED) is 0.557. The normalized spacial score (nSPS) is 11.8. The summed E-state index contributed by atoms with van der Waals surface area (Å²) in [5, 5.41) is 8.85. The number of rotatable bonds is 4. The molecular weight excluding hydrogens is 198 g/mol. The summed E-state index contributed by atoms with van der Waals surface area (Å²) in [5.41, 5.74) is 0.949. The predicted octanol–water partition coefficient (Wildman–Crippen LogP) is 1.60. The minimum Gasteiger partial charge on any atom is -0.268 e. The fourth-order valence-electron chi connectivity index (χ4n) is 1.21. The lowest BCUT2D eigenvalue weighted by atomic mass is 10.0. The van der Waals surface area contributed by atoms with Gasteiger partial charge in [0.25, 0.3) is 0 Å². The molecule has 0 N–H and O–H groups in total. The Morgan fingerprint density at radius 3 is 2.60 bits per heavy atom. The zero-order valence-corrected chi connectivity index (χ0v) is 8.25. The van der Waals surface area contributed by atoms with Gasteiger partial charge in [0.1, 0.15) is 0 Å². The van der Waals surface area contributed by atoms with E-state index in [0.29, 0.717) is 6.42 Å². The molecule has 1 aromatic carbocycles. The first-order chi connectivity index (χ1) is 7.09. The van der Waals surface area contributed by atoms with Gasteiger partial charge in [-0.05, 0) is 12.0 Å². The van der Waals surface area contributed by atoms with Crippen LogP contribution < -0.4 is 0 Å². The van der Waals surface area contributed by atoms with Crippen LogP contribution in [0.5, 0.6) is 0 Å². The molecule has 0 amide bonds. The van der Waals surface area contributed by atoms with Crippen LogP contribution in [0.3, 0.4) is 0 Å². The Kier molecular flexibility index (Phi) is 3.79. The van der Waals surface area contributed by atoms with Gasteiger partial charge in [0.15, 0.2) is 0 Å². The van der Waals surface area contributed by atoms with Gasteiger partial charge in [-0.25, -0.2) is 4.84 Å². The first-order valence-corrected chi connectivity index (χ1v) is 4.49. The lowest BCUT2D eigenvalue weighted by Gasteiger charge is -2.07. The van der Waals surface area contributed by atoms with Gasteiger partial charge < -0.3 is 0 Å². The Hall–Kier alpha value is -1.91. The van der Waals surface area contributed by atoms with Gasteiger partial charge in [-0.2, -0.15) is 0 Å². The van der Waals surface area contributed by atoms with E-state index < -0.39 is 17.0 Å². The van der Waals surface area contributed by atoms with Gasteiger partial charge in [0.05, 0.1) is 0 Å². The Balaban J connectivity index is 2.52. The molecule has 1 aromatic rings. The highest BCUT2D eigenvalue weighted by atomic mass is 17.0. The Morgan fingerprint density at radius 2 is 2.07 bits per heavy atom. The van der Waals surface area contributed by atoms with E-state index in [0.717, 1.165) is 5.56 Å². The van der Waals surface area contributed by atoms with E-state index >= 15 is 0 Å². The number of carbonyl (C=O) groups is 1. The van der Waals surface area contributed by atoms with Crippen LogP contribution in [-0.2, 0) is 16.1 Å². The molecule has 1 rings (SSSR count). The van der Waals surface area contributed by atoms with Gasteiger partial charge in [0, 0.05) is 5.92 Å². The summed E-state index contributed by atoms with van der Waals surface area (Å²) in [5.74, 6) is -1.33. The number of nitrogens with zero attached hydrogens (tertiary/aromatic N) is 1. The van der Waals surface area contributed by atoms with Crippen molar-refractivity contribution in [1.29, 1.82) is 0 Å². The van der Waals surface area contributed by atoms with Crippen LogP contribution in [0.25, 0.3) is 0 Å². The van der Waals surface area contributed by atoms with Crippen LogP contribution in [-0.4, -0.2) is 11.1 Å². The van der Waals surface area contributed by atoms with Crippen molar-refractivity contribution in [2.75, 3.05) is 0 Å². The van der Waals surface area contributed by atoms with Crippen molar-refractivity contribution < 1.29 is 14.7 Å². The second-order valence-corrected chi connectivity index (χ2v) is 3.22. The van der Waals surface area contributed by atoms with E-state index in [9.17, 15) is 14.9 Å². The van der Waals surface area contributed by atoms with Crippen LogP contribution in [0, 0.1) is 16.0 Å². The molecule has 80 valence electrons.